The Morgan fingerprint density at radius 3 is 2.30 bits per heavy atom. The molecule has 0 heterocycles. The number of ether oxygens (including phenoxy) is 1. The molecule has 1 aliphatic carbocycles. The van der Waals surface area contributed by atoms with Crippen LogP contribution >= 0.6 is 0 Å². The Morgan fingerprint density at radius 2 is 1.67 bits per heavy atom. The van der Waals surface area contributed by atoms with Gasteiger partial charge in [0.15, 0.2) is 6.10 Å². The van der Waals surface area contributed by atoms with Gasteiger partial charge < -0.3 is 10.1 Å². The Hall–Kier alpha value is -2.71. The fourth-order valence-corrected chi connectivity index (χ4v) is 5.39. The van der Waals surface area contributed by atoms with Crippen molar-refractivity contribution >= 4 is 21.9 Å². The van der Waals surface area contributed by atoms with E-state index >= 15 is 0 Å². The first-order valence-corrected chi connectivity index (χ1v) is 12.8. The summed E-state index contributed by atoms with van der Waals surface area (Å²) in [6.45, 7) is 1.94. The summed E-state index contributed by atoms with van der Waals surface area (Å²) in [5.74, 6) is -1.06. The van der Waals surface area contributed by atoms with Crippen LogP contribution in [0.4, 0.5) is 0 Å². The van der Waals surface area contributed by atoms with Crippen molar-refractivity contribution in [2.24, 2.45) is 0 Å². The molecule has 2 aromatic carbocycles. The lowest BCUT2D eigenvalue weighted by Crippen LogP contribution is -2.38. The molecule has 1 unspecified atom stereocenters. The van der Waals surface area contributed by atoms with E-state index in [4.69, 9.17) is 4.74 Å². The fraction of sp³-hybridized carbons (Fsp3) is 0.440. The van der Waals surface area contributed by atoms with E-state index in [1.165, 1.54) is 35.5 Å². The van der Waals surface area contributed by atoms with Crippen LogP contribution < -0.4 is 5.32 Å². The molecule has 0 spiro atoms. The quantitative estimate of drug-likeness (QED) is 0.564. The van der Waals surface area contributed by atoms with Gasteiger partial charge in [0.1, 0.15) is 0 Å². The molecule has 0 aliphatic heterocycles. The van der Waals surface area contributed by atoms with Gasteiger partial charge in [0, 0.05) is 19.6 Å². The van der Waals surface area contributed by atoms with E-state index in [-0.39, 0.29) is 22.4 Å². The molecule has 178 valence electrons. The third-order valence-corrected chi connectivity index (χ3v) is 7.99. The predicted molar refractivity (Wildman–Crippen MR) is 126 cm³/mol. The van der Waals surface area contributed by atoms with E-state index in [1.54, 1.807) is 7.05 Å². The average Bonchev–Trinajstić information content (AvgIpc) is 2.84. The van der Waals surface area contributed by atoms with Crippen LogP contribution in [0.5, 0.6) is 0 Å². The molecule has 3 rings (SSSR count). The predicted octanol–water partition coefficient (Wildman–Crippen LogP) is 3.54. The summed E-state index contributed by atoms with van der Waals surface area (Å²) < 4.78 is 32.6. The maximum atomic E-state index is 12.9. The van der Waals surface area contributed by atoms with E-state index in [0.717, 1.165) is 37.7 Å². The molecule has 0 saturated heterocycles. The third kappa shape index (κ3) is 6.65. The smallest absolute Gasteiger partial charge is 0.338 e. The molecule has 0 bridgehead atoms. The van der Waals surface area contributed by atoms with Crippen LogP contribution in [0, 0.1) is 0 Å². The Kier molecular flexibility index (Phi) is 8.63. The Labute approximate surface area is 196 Å². The SMILES string of the molecule is CC(OC(=O)c1ccc(S(=O)(=O)N(C)C2CCCCC2)cc1)C(=O)NCCc1ccccc1. The normalized spacial score (nSPS) is 15.7. The van der Waals surface area contributed by atoms with E-state index in [1.807, 2.05) is 30.3 Å². The molecule has 1 amide bonds. The van der Waals surface area contributed by atoms with Crippen molar-refractivity contribution in [3.8, 4) is 0 Å². The van der Waals surface area contributed by atoms with Gasteiger partial charge in [0.05, 0.1) is 10.5 Å². The van der Waals surface area contributed by atoms with Crippen molar-refractivity contribution in [1.29, 1.82) is 0 Å². The van der Waals surface area contributed by atoms with E-state index in [2.05, 4.69) is 5.32 Å². The van der Waals surface area contributed by atoms with Crippen LogP contribution in [0.2, 0.25) is 0 Å². The summed E-state index contributed by atoms with van der Waals surface area (Å²) in [5.41, 5.74) is 1.30. The number of sulfonamides is 1. The monoisotopic (exact) mass is 472 g/mol. The molecule has 0 aromatic heterocycles. The summed E-state index contributed by atoms with van der Waals surface area (Å²) in [4.78, 5) is 24.8. The van der Waals surface area contributed by atoms with Crippen LogP contribution in [0.1, 0.15) is 54.9 Å². The lowest BCUT2D eigenvalue weighted by molar-refractivity contribution is -0.129. The number of rotatable bonds is 9. The number of benzene rings is 2. The second kappa shape index (κ2) is 11.4. The summed E-state index contributed by atoms with van der Waals surface area (Å²) >= 11 is 0. The maximum Gasteiger partial charge on any atom is 0.338 e. The highest BCUT2D eigenvalue weighted by molar-refractivity contribution is 7.89. The van der Waals surface area contributed by atoms with Gasteiger partial charge in [0.2, 0.25) is 10.0 Å². The first-order valence-electron chi connectivity index (χ1n) is 11.4. The first-order chi connectivity index (χ1) is 15.8. The van der Waals surface area contributed by atoms with E-state index in [9.17, 15) is 18.0 Å². The molecule has 1 fully saturated rings. The zero-order valence-corrected chi connectivity index (χ0v) is 20.0. The summed E-state index contributed by atoms with van der Waals surface area (Å²) in [6, 6.07) is 15.4. The molecule has 2 aromatic rings. The zero-order valence-electron chi connectivity index (χ0n) is 19.2. The molecule has 8 heteroatoms. The molecule has 33 heavy (non-hydrogen) atoms. The minimum Gasteiger partial charge on any atom is -0.449 e. The van der Waals surface area contributed by atoms with Crippen molar-refractivity contribution in [3.63, 3.8) is 0 Å². The topological polar surface area (TPSA) is 92.8 Å². The highest BCUT2D eigenvalue weighted by Crippen LogP contribution is 2.26. The van der Waals surface area contributed by atoms with Crippen LogP contribution in [-0.2, 0) is 26.0 Å². The number of carbonyl (C=O) groups is 2. The second-order valence-corrected chi connectivity index (χ2v) is 10.4. The highest BCUT2D eigenvalue weighted by atomic mass is 32.2. The summed E-state index contributed by atoms with van der Waals surface area (Å²) in [5, 5.41) is 2.76. The molecule has 7 nitrogen and oxygen atoms in total. The number of hydrogen-bond acceptors (Lipinski definition) is 5. The molecular formula is C25H32N2O5S. The van der Waals surface area contributed by atoms with Gasteiger partial charge in [-0.3, -0.25) is 4.79 Å². The van der Waals surface area contributed by atoms with Crippen LogP contribution in [-0.4, -0.2) is 50.3 Å². The molecule has 1 N–H and O–H groups in total. The Morgan fingerprint density at radius 1 is 1.03 bits per heavy atom. The van der Waals surface area contributed by atoms with Crippen molar-refractivity contribution in [3.05, 3.63) is 65.7 Å². The molecular weight excluding hydrogens is 440 g/mol. The van der Waals surface area contributed by atoms with Gasteiger partial charge in [-0.15, -0.1) is 0 Å². The maximum absolute atomic E-state index is 12.9. The second-order valence-electron chi connectivity index (χ2n) is 8.41. The number of carbonyl (C=O) groups excluding carboxylic acids is 2. The zero-order chi connectivity index (χ0) is 23.8. The van der Waals surface area contributed by atoms with Gasteiger partial charge in [-0.1, -0.05) is 49.6 Å². The van der Waals surface area contributed by atoms with E-state index < -0.39 is 22.1 Å². The number of nitrogens with one attached hydrogen (secondary N) is 1. The number of amides is 1. The summed E-state index contributed by atoms with van der Waals surface area (Å²) in [6.07, 6.45) is 4.66. The first kappa shape index (κ1) is 24.9. The molecule has 1 saturated carbocycles. The molecule has 1 aliphatic rings. The van der Waals surface area contributed by atoms with Crippen molar-refractivity contribution in [2.45, 2.75) is 62.5 Å². The van der Waals surface area contributed by atoms with Gasteiger partial charge in [-0.05, 0) is 56.0 Å². The van der Waals surface area contributed by atoms with Crippen LogP contribution in [0.3, 0.4) is 0 Å². The van der Waals surface area contributed by atoms with Gasteiger partial charge in [-0.25, -0.2) is 13.2 Å². The Balaban J connectivity index is 1.53. The number of esters is 1. The van der Waals surface area contributed by atoms with Gasteiger partial charge in [-0.2, -0.15) is 4.31 Å². The van der Waals surface area contributed by atoms with Crippen LogP contribution in [0.15, 0.2) is 59.5 Å². The van der Waals surface area contributed by atoms with Gasteiger partial charge in [0.25, 0.3) is 5.91 Å². The lowest BCUT2D eigenvalue weighted by Gasteiger charge is -2.30. The van der Waals surface area contributed by atoms with Gasteiger partial charge >= 0.3 is 5.97 Å². The fourth-order valence-electron chi connectivity index (χ4n) is 3.97. The summed E-state index contributed by atoms with van der Waals surface area (Å²) in [7, 11) is -2.02. The van der Waals surface area contributed by atoms with Crippen LogP contribution in [0.25, 0.3) is 0 Å². The van der Waals surface area contributed by atoms with Crippen molar-refractivity contribution in [1.82, 2.24) is 9.62 Å². The van der Waals surface area contributed by atoms with Crippen molar-refractivity contribution in [2.75, 3.05) is 13.6 Å². The molecule has 0 radical (unpaired) electrons. The number of hydrogen-bond donors (Lipinski definition) is 1. The number of nitrogens with zero attached hydrogens (tertiary/aromatic N) is 1. The third-order valence-electron chi connectivity index (χ3n) is 6.06. The largest absolute Gasteiger partial charge is 0.449 e. The van der Waals surface area contributed by atoms with E-state index in [0.29, 0.717) is 13.0 Å². The minimum absolute atomic E-state index is 0.00893. The lowest BCUT2D eigenvalue weighted by atomic mass is 9.96. The standard InChI is InChI=1S/C25H32N2O5S/c1-19(24(28)26-18-17-20-9-5-3-6-10-20)32-25(29)21-13-15-23(16-14-21)33(30,31)27(2)22-11-7-4-8-12-22/h3,5-6,9-10,13-16,19,22H,4,7-8,11-12,17-18H2,1-2H3,(H,26,28). The Bertz CT molecular complexity index is 1030. The minimum atomic E-state index is -3.63. The average molecular weight is 473 g/mol. The molecule has 1 atom stereocenters. The highest BCUT2D eigenvalue weighted by Gasteiger charge is 2.29. The van der Waals surface area contributed by atoms with Crippen molar-refractivity contribution < 1.29 is 22.7 Å².